The summed E-state index contributed by atoms with van der Waals surface area (Å²) in [7, 11) is 0. The number of halogens is 1. The van der Waals surface area contributed by atoms with Crippen LogP contribution in [0.2, 0.25) is 5.02 Å². The topological polar surface area (TPSA) is 110 Å². The lowest BCUT2D eigenvalue weighted by Crippen LogP contribution is -2.34. The van der Waals surface area contributed by atoms with Crippen molar-refractivity contribution in [2.45, 2.75) is 25.4 Å². The zero-order valence-corrected chi connectivity index (χ0v) is 17.0. The first-order chi connectivity index (χ1) is 14.7. The molecule has 154 valence electrons. The molecule has 3 aromatic heterocycles. The number of likely N-dealkylation sites (tertiary alicyclic amines) is 1. The molecule has 10 heteroatoms. The number of fused-ring (bicyclic) bond motifs is 1. The highest BCUT2D eigenvalue weighted by atomic mass is 35.5. The van der Waals surface area contributed by atoms with Gasteiger partial charge in [0.2, 0.25) is 17.7 Å². The molecule has 1 saturated heterocycles. The van der Waals surface area contributed by atoms with Gasteiger partial charge in [-0.25, -0.2) is 0 Å². The van der Waals surface area contributed by atoms with Crippen molar-refractivity contribution in [3.05, 3.63) is 53.2 Å². The molecule has 1 aromatic carbocycles. The van der Waals surface area contributed by atoms with E-state index in [4.69, 9.17) is 21.8 Å². The summed E-state index contributed by atoms with van der Waals surface area (Å²) in [4.78, 5) is 15.6. The second kappa shape index (κ2) is 7.92. The van der Waals surface area contributed by atoms with E-state index in [2.05, 4.69) is 42.4 Å². The number of aromatic nitrogens is 5. The number of hydrogen-bond acceptors (Lipinski definition) is 8. The molecule has 1 aliphatic heterocycles. The first kappa shape index (κ1) is 18.8. The molecule has 3 N–H and O–H groups in total. The minimum Gasteiger partial charge on any atom is -0.461 e. The Balaban J connectivity index is 1.28. The van der Waals surface area contributed by atoms with Crippen LogP contribution in [0.25, 0.3) is 17.4 Å². The van der Waals surface area contributed by atoms with E-state index in [9.17, 15) is 0 Å². The molecule has 0 spiro atoms. The molecular weight excluding hydrogens is 404 g/mol. The first-order valence-electron chi connectivity index (χ1n) is 9.82. The van der Waals surface area contributed by atoms with Crippen molar-refractivity contribution in [3.63, 3.8) is 0 Å². The van der Waals surface area contributed by atoms with Gasteiger partial charge in [-0.15, -0.1) is 5.10 Å². The van der Waals surface area contributed by atoms with Crippen LogP contribution in [0, 0.1) is 0 Å². The van der Waals surface area contributed by atoms with Crippen LogP contribution in [0.15, 0.2) is 47.1 Å². The maximum Gasteiger partial charge on any atom is 0.259 e. The van der Waals surface area contributed by atoms with Gasteiger partial charge in [0, 0.05) is 24.2 Å². The Kier molecular flexibility index (Phi) is 4.97. The number of nitrogens with one attached hydrogen (secondary N) is 1. The van der Waals surface area contributed by atoms with Gasteiger partial charge in [-0.3, -0.25) is 4.90 Å². The fourth-order valence-electron chi connectivity index (χ4n) is 3.76. The summed E-state index contributed by atoms with van der Waals surface area (Å²) in [5.41, 5.74) is 7.32. The predicted octanol–water partition coefficient (Wildman–Crippen LogP) is 3.09. The van der Waals surface area contributed by atoms with Crippen molar-refractivity contribution in [1.82, 2.24) is 29.5 Å². The average molecular weight is 425 g/mol. The standard InChI is InChI=1S/C20H21ClN8O/c21-14-7-5-13(6-8-14)12-28-9-1-3-15(28)11-23-19-25-18(22)29-20(26-19)24-17(27-29)16-4-2-10-30-16/h2,4-8,10,15H,1,3,9,11-12H2,(H3,22,23,24,25,26,27)/t15-/m1/s1. The molecular formula is C20H21ClN8O. The van der Waals surface area contributed by atoms with Crippen LogP contribution in [0.3, 0.4) is 0 Å². The number of benzene rings is 1. The molecule has 1 aliphatic rings. The normalized spacial score (nSPS) is 17.0. The summed E-state index contributed by atoms with van der Waals surface area (Å²) in [6.45, 7) is 2.68. The van der Waals surface area contributed by atoms with Crippen LogP contribution in [-0.4, -0.2) is 48.6 Å². The highest BCUT2D eigenvalue weighted by molar-refractivity contribution is 6.30. The number of furan rings is 1. The van der Waals surface area contributed by atoms with Crippen molar-refractivity contribution in [3.8, 4) is 11.6 Å². The molecule has 30 heavy (non-hydrogen) atoms. The fourth-order valence-corrected chi connectivity index (χ4v) is 3.89. The molecule has 0 bridgehead atoms. The summed E-state index contributed by atoms with van der Waals surface area (Å²) in [6.07, 6.45) is 3.85. The number of hydrogen-bond donors (Lipinski definition) is 2. The van der Waals surface area contributed by atoms with E-state index in [1.54, 1.807) is 18.4 Å². The molecule has 0 radical (unpaired) electrons. The molecule has 1 fully saturated rings. The van der Waals surface area contributed by atoms with Crippen molar-refractivity contribution >= 4 is 29.3 Å². The molecule has 4 aromatic rings. The highest BCUT2D eigenvalue weighted by Gasteiger charge is 2.24. The van der Waals surface area contributed by atoms with Gasteiger partial charge in [-0.1, -0.05) is 23.7 Å². The van der Waals surface area contributed by atoms with Crippen LogP contribution < -0.4 is 11.1 Å². The van der Waals surface area contributed by atoms with Crippen LogP contribution in [0.4, 0.5) is 11.9 Å². The van der Waals surface area contributed by atoms with Gasteiger partial charge in [0.05, 0.1) is 6.26 Å². The van der Waals surface area contributed by atoms with Gasteiger partial charge in [0.1, 0.15) is 0 Å². The summed E-state index contributed by atoms with van der Waals surface area (Å²) in [6, 6.07) is 12.0. The number of anilines is 2. The summed E-state index contributed by atoms with van der Waals surface area (Å²) in [5.74, 6) is 2.01. The molecule has 0 aliphatic carbocycles. The Hall–Kier alpha value is -3.17. The number of nitrogens with zero attached hydrogens (tertiary/aromatic N) is 6. The lowest BCUT2D eigenvalue weighted by molar-refractivity contribution is 0.254. The molecule has 5 rings (SSSR count). The van der Waals surface area contributed by atoms with Gasteiger partial charge in [0.15, 0.2) is 5.76 Å². The Morgan fingerprint density at radius 2 is 2.03 bits per heavy atom. The third-order valence-corrected chi connectivity index (χ3v) is 5.52. The average Bonchev–Trinajstić information content (AvgIpc) is 3.49. The number of nitrogens with two attached hydrogens (primary N) is 1. The van der Waals surface area contributed by atoms with Gasteiger partial charge in [-0.2, -0.15) is 19.5 Å². The predicted molar refractivity (Wildman–Crippen MR) is 114 cm³/mol. The van der Waals surface area contributed by atoms with Crippen molar-refractivity contribution in [2.75, 3.05) is 24.1 Å². The van der Waals surface area contributed by atoms with E-state index < -0.39 is 0 Å². The smallest absolute Gasteiger partial charge is 0.259 e. The monoisotopic (exact) mass is 424 g/mol. The first-order valence-corrected chi connectivity index (χ1v) is 10.2. The minimum absolute atomic E-state index is 0.220. The SMILES string of the molecule is Nc1nc(NC[C@H]2CCCN2Cc2ccc(Cl)cc2)nc2nc(-c3ccco3)nn12. The third kappa shape index (κ3) is 3.81. The fraction of sp³-hybridized carbons (Fsp3) is 0.300. The molecule has 9 nitrogen and oxygen atoms in total. The molecule has 0 unspecified atom stereocenters. The van der Waals surface area contributed by atoms with Gasteiger partial charge >= 0.3 is 0 Å². The van der Waals surface area contributed by atoms with Gasteiger partial charge < -0.3 is 15.5 Å². The molecule has 4 heterocycles. The molecule has 0 amide bonds. The maximum absolute atomic E-state index is 6.07. The zero-order valence-electron chi connectivity index (χ0n) is 16.2. The molecule has 1 atom stereocenters. The Morgan fingerprint density at radius 3 is 2.83 bits per heavy atom. The van der Waals surface area contributed by atoms with Crippen molar-refractivity contribution in [1.29, 1.82) is 0 Å². The summed E-state index contributed by atoms with van der Waals surface area (Å²) >= 11 is 6.00. The van der Waals surface area contributed by atoms with Crippen LogP contribution in [0.5, 0.6) is 0 Å². The van der Waals surface area contributed by atoms with E-state index >= 15 is 0 Å². The summed E-state index contributed by atoms with van der Waals surface area (Å²) in [5, 5.41) is 8.39. The Labute approximate surface area is 177 Å². The van der Waals surface area contributed by atoms with Crippen molar-refractivity contribution < 1.29 is 4.42 Å². The largest absolute Gasteiger partial charge is 0.461 e. The van der Waals surface area contributed by atoms with E-state index in [0.717, 1.165) is 31.1 Å². The second-order valence-electron chi connectivity index (χ2n) is 7.30. The third-order valence-electron chi connectivity index (χ3n) is 5.27. The lowest BCUT2D eigenvalue weighted by Gasteiger charge is -2.24. The number of nitrogen functional groups attached to an aromatic ring is 1. The van der Waals surface area contributed by atoms with Crippen molar-refractivity contribution in [2.24, 2.45) is 0 Å². The van der Waals surface area contributed by atoms with Crippen LogP contribution in [-0.2, 0) is 6.54 Å². The van der Waals surface area contributed by atoms with Crippen LogP contribution >= 0.6 is 11.6 Å². The Bertz CT molecular complexity index is 1140. The Morgan fingerprint density at radius 1 is 1.17 bits per heavy atom. The number of rotatable bonds is 6. The van der Waals surface area contributed by atoms with Crippen LogP contribution in [0.1, 0.15) is 18.4 Å². The zero-order chi connectivity index (χ0) is 20.5. The minimum atomic E-state index is 0.220. The molecule has 0 saturated carbocycles. The highest BCUT2D eigenvalue weighted by Crippen LogP contribution is 2.22. The second-order valence-corrected chi connectivity index (χ2v) is 7.74. The maximum atomic E-state index is 6.07. The lowest BCUT2D eigenvalue weighted by atomic mass is 10.2. The van der Waals surface area contributed by atoms with E-state index in [0.29, 0.717) is 29.4 Å². The van der Waals surface area contributed by atoms with Gasteiger partial charge in [0.25, 0.3) is 5.78 Å². The quantitative estimate of drug-likeness (QED) is 0.485. The summed E-state index contributed by atoms with van der Waals surface area (Å²) < 4.78 is 6.75. The van der Waals surface area contributed by atoms with Gasteiger partial charge in [-0.05, 0) is 49.2 Å². The van der Waals surface area contributed by atoms with E-state index in [-0.39, 0.29) is 5.95 Å². The van der Waals surface area contributed by atoms with E-state index in [1.807, 2.05) is 12.1 Å². The van der Waals surface area contributed by atoms with E-state index in [1.165, 1.54) is 16.5 Å².